The first-order chi connectivity index (χ1) is 7.72. The minimum absolute atomic E-state index is 0.108. The van der Waals surface area contributed by atoms with E-state index in [1.54, 1.807) is 0 Å². The summed E-state index contributed by atoms with van der Waals surface area (Å²) >= 11 is 0. The van der Waals surface area contributed by atoms with Gasteiger partial charge in [0.15, 0.2) is 0 Å². The van der Waals surface area contributed by atoms with Crippen molar-refractivity contribution in [2.75, 3.05) is 0 Å². The van der Waals surface area contributed by atoms with Crippen LogP contribution in [0, 0.1) is 11.3 Å². The molecule has 0 unspecified atom stereocenters. The lowest BCUT2D eigenvalue weighted by Gasteiger charge is -2.03. The number of rotatable bonds is 1. The second-order valence-corrected chi connectivity index (χ2v) is 3.35. The average molecular weight is 211 g/mol. The Morgan fingerprint density at radius 2 is 2.00 bits per heavy atom. The van der Waals surface area contributed by atoms with Crippen LogP contribution in [0.15, 0.2) is 41.2 Å². The zero-order valence-electron chi connectivity index (χ0n) is 8.71. The topological polar surface area (TPSA) is 58.7 Å². The molecule has 0 spiro atoms. The Morgan fingerprint density at radius 3 is 2.62 bits per heavy atom. The first kappa shape index (κ1) is 10.1. The Labute approximate surface area is 92.4 Å². The van der Waals surface area contributed by atoms with Gasteiger partial charge in [0.2, 0.25) is 0 Å². The average Bonchev–Trinajstić information content (AvgIpc) is 2.33. The maximum atomic E-state index is 11.5. The van der Waals surface area contributed by atoms with Crippen LogP contribution in [0.1, 0.15) is 5.56 Å². The molecule has 0 radical (unpaired) electrons. The number of aromatic nitrogens is 2. The van der Waals surface area contributed by atoms with Gasteiger partial charge in [0.1, 0.15) is 11.6 Å². The van der Waals surface area contributed by atoms with E-state index in [0.29, 0.717) is 5.69 Å². The minimum Gasteiger partial charge on any atom is -0.266 e. The summed E-state index contributed by atoms with van der Waals surface area (Å²) in [5.41, 5.74) is 1.24. The van der Waals surface area contributed by atoms with Crippen molar-refractivity contribution in [3.8, 4) is 17.3 Å². The van der Waals surface area contributed by atoms with Crippen LogP contribution in [-0.2, 0) is 7.05 Å². The molecular weight excluding hydrogens is 202 g/mol. The van der Waals surface area contributed by atoms with E-state index in [1.165, 1.54) is 17.8 Å². The number of hydrogen-bond acceptors (Lipinski definition) is 3. The summed E-state index contributed by atoms with van der Waals surface area (Å²) < 4.78 is 1.18. The van der Waals surface area contributed by atoms with Gasteiger partial charge in [0.05, 0.1) is 5.69 Å². The second kappa shape index (κ2) is 3.99. The van der Waals surface area contributed by atoms with Crippen molar-refractivity contribution in [3.63, 3.8) is 0 Å². The van der Waals surface area contributed by atoms with E-state index in [1.807, 2.05) is 36.4 Å². The smallest absolute Gasteiger partial charge is 0.266 e. The molecule has 78 valence electrons. The molecule has 0 amide bonds. The van der Waals surface area contributed by atoms with Crippen molar-refractivity contribution in [3.05, 3.63) is 52.3 Å². The summed E-state index contributed by atoms with van der Waals surface area (Å²) in [5, 5.41) is 12.9. The minimum atomic E-state index is -0.373. The van der Waals surface area contributed by atoms with Gasteiger partial charge in [0, 0.05) is 12.6 Å². The zero-order chi connectivity index (χ0) is 11.5. The lowest BCUT2D eigenvalue weighted by Crippen LogP contribution is -2.22. The van der Waals surface area contributed by atoms with Crippen LogP contribution in [0.25, 0.3) is 11.3 Å². The number of nitrogens with zero attached hydrogens (tertiary/aromatic N) is 3. The van der Waals surface area contributed by atoms with Gasteiger partial charge in [0.25, 0.3) is 5.56 Å². The summed E-state index contributed by atoms with van der Waals surface area (Å²) in [6.45, 7) is 0. The maximum absolute atomic E-state index is 11.5. The van der Waals surface area contributed by atoms with Crippen molar-refractivity contribution < 1.29 is 0 Å². The molecule has 0 atom stereocenters. The van der Waals surface area contributed by atoms with E-state index in [2.05, 4.69) is 5.10 Å². The molecule has 1 heterocycles. The number of hydrogen-bond donors (Lipinski definition) is 0. The Hall–Kier alpha value is -2.41. The lowest BCUT2D eigenvalue weighted by molar-refractivity contribution is 0.709. The van der Waals surface area contributed by atoms with Gasteiger partial charge in [-0.2, -0.15) is 10.4 Å². The molecule has 2 rings (SSSR count). The van der Waals surface area contributed by atoms with Gasteiger partial charge in [-0.05, 0) is 6.07 Å². The first-order valence-electron chi connectivity index (χ1n) is 4.76. The molecule has 1 aromatic heterocycles. The lowest BCUT2D eigenvalue weighted by atomic mass is 10.1. The summed E-state index contributed by atoms with van der Waals surface area (Å²) in [4.78, 5) is 11.5. The number of aryl methyl sites for hydroxylation is 1. The van der Waals surface area contributed by atoms with Crippen LogP contribution in [-0.4, -0.2) is 9.78 Å². The molecule has 4 nitrogen and oxygen atoms in total. The predicted molar refractivity (Wildman–Crippen MR) is 59.6 cm³/mol. The van der Waals surface area contributed by atoms with Crippen LogP contribution in [0.5, 0.6) is 0 Å². The van der Waals surface area contributed by atoms with E-state index >= 15 is 0 Å². The third kappa shape index (κ3) is 1.71. The molecule has 2 aromatic rings. The number of nitriles is 1. The van der Waals surface area contributed by atoms with Crippen molar-refractivity contribution in [2.24, 2.45) is 7.05 Å². The molecule has 0 fully saturated rings. The normalized spacial score (nSPS) is 9.75. The fourth-order valence-electron chi connectivity index (χ4n) is 1.44. The van der Waals surface area contributed by atoms with Crippen molar-refractivity contribution in [2.45, 2.75) is 0 Å². The van der Waals surface area contributed by atoms with Gasteiger partial charge in [-0.3, -0.25) is 4.79 Å². The summed E-state index contributed by atoms with van der Waals surface area (Å²) in [6.07, 6.45) is 0. The number of benzene rings is 1. The Kier molecular flexibility index (Phi) is 2.52. The van der Waals surface area contributed by atoms with Gasteiger partial charge < -0.3 is 0 Å². The van der Waals surface area contributed by atoms with E-state index in [-0.39, 0.29) is 11.1 Å². The molecule has 0 saturated heterocycles. The van der Waals surface area contributed by atoms with Crippen LogP contribution >= 0.6 is 0 Å². The zero-order valence-corrected chi connectivity index (χ0v) is 8.71. The van der Waals surface area contributed by atoms with Crippen LogP contribution in [0.3, 0.4) is 0 Å². The summed E-state index contributed by atoms with van der Waals surface area (Å²) in [7, 11) is 1.54. The van der Waals surface area contributed by atoms with E-state index < -0.39 is 0 Å². The highest BCUT2D eigenvalue weighted by Crippen LogP contribution is 2.15. The van der Waals surface area contributed by atoms with Gasteiger partial charge in [-0.15, -0.1) is 0 Å². The van der Waals surface area contributed by atoms with Crippen molar-refractivity contribution in [1.82, 2.24) is 9.78 Å². The molecule has 0 aliphatic carbocycles. The van der Waals surface area contributed by atoms with Crippen LogP contribution in [0.2, 0.25) is 0 Å². The van der Waals surface area contributed by atoms with Gasteiger partial charge in [-0.25, -0.2) is 4.68 Å². The van der Waals surface area contributed by atoms with E-state index in [4.69, 9.17) is 5.26 Å². The molecule has 0 saturated carbocycles. The van der Waals surface area contributed by atoms with Gasteiger partial charge >= 0.3 is 0 Å². The second-order valence-electron chi connectivity index (χ2n) is 3.35. The van der Waals surface area contributed by atoms with Crippen molar-refractivity contribution >= 4 is 0 Å². The molecule has 0 N–H and O–H groups in total. The molecule has 4 heteroatoms. The molecule has 0 aliphatic heterocycles. The quantitative estimate of drug-likeness (QED) is 0.714. The highest BCUT2D eigenvalue weighted by atomic mass is 16.1. The Morgan fingerprint density at radius 1 is 1.31 bits per heavy atom. The molecule has 16 heavy (non-hydrogen) atoms. The Bertz CT molecular complexity index is 608. The maximum Gasteiger partial charge on any atom is 0.284 e. The van der Waals surface area contributed by atoms with Crippen molar-refractivity contribution in [1.29, 1.82) is 5.26 Å². The Balaban J connectivity index is 2.66. The third-order valence-electron chi connectivity index (χ3n) is 2.25. The summed E-state index contributed by atoms with van der Waals surface area (Å²) in [5.74, 6) is 0. The molecule has 0 aliphatic rings. The molecule has 1 aromatic carbocycles. The monoisotopic (exact) mass is 211 g/mol. The van der Waals surface area contributed by atoms with E-state index in [0.717, 1.165) is 5.56 Å². The predicted octanol–water partition coefficient (Wildman–Crippen LogP) is 1.32. The fraction of sp³-hybridized carbons (Fsp3) is 0.0833. The highest BCUT2D eigenvalue weighted by Gasteiger charge is 2.06. The highest BCUT2D eigenvalue weighted by molar-refractivity contribution is 5.59. The SMILES string of the molecule is Cn1nc(-c2ccccc2)cc(C#N)c1=O. The van der Waals surface area contributed by atoms with E-state index in [9.17, 15) is 4.79 Å². The van der Waals surface area contributed by atoms with Crippen LogP contribution < -0.4 is 5.56 Å². The fourth-order valence-corrected chi connectivity index (χ4v) is 1.44. The molecule has 0 bridgehead atoms. The molecular formula is C12H9N3O. The summed E-state index contributed by atoms with van der Waals surface area (Å²) in [6, 6.07) is 12.8. The third-order valence-corrected chi connectivity index (χ3v) is 2.25. The largest absolute Gasteiger partial charge is 0.284 e. The standard InChI is InChI=1S/C12H9N3O/c1-15-12(16)10(8-13)7-11(14-15)9-5-3-2-4-6-9/h2-7H,1H3. The van der Waals surface area contributed by atoms with Crippen LogP contribution in [0.4, 0.5) is 0 Å². The van der Waals surface area contributed by atoms with Gasteiger partial charge in [-0.1, -0.05) is 30.3 Å². The first-order valence-corrected chi connectivity index (χ1v) is 4.76.